The predicted molar refractivity (Wildman–Crippen MR) is 167 cm³/mol. The topological polar surface area (TPSA) is 110 Å². The molecule has 4 heterocycles. The van der Waals surface area contributed by atoms with Gasteiger partial charge in [0.15, 0.2) is 0 Å². The number of pyridine rings is 2. The number of amides is 2. The summed E-state index contributed by atoms with van der Waals surface area (Å²) in [6.07, 6.45) is 8.39. The Kier molecular flexibility index (Phi) is 8.68. The van der Waals surface area contributed by atoms with Gasteiger partial charge >= 0.3 is 0 Å². The molecular weight excluding hydrogens is 546 g/mol. The number of fused-ring (bicyclic) bond motifs is 2. The standard InChI is InChI=1S/C33H39N5O5/c1-6-38-26-9-8-24(20-27(26)36(5)31(40)33(3,4)32(38)41)42-19-7-14-35-25(23-10-15-34-16-11-23)12-17-37-18-13-28-29(30(37)39)22(2)21-43-28/h8-11,13,15-16,18,20-21,25,35H,6-7,12,14,17,19H2,1-5H3. The molecule has 10 heteroatoms. The van der Waals surface area contributed by atoms with Crippen molar-refractivity contribution in [1.82, 2.24) is 14.9 Å². The van der Waals surface area contributed by atoms with E-state index >= 15 is 0 Å². The minimum absolute atomic E-state index is 0.0177. The van der Waals surface area contributed by atoms with Crippen LogP contribution in [0, 0.1) is 12.3 Å². The first-order valence-electron chi connectivity index (χ1n) is 14.7. The normalized spacial score (nSPS) is 15.5. The van der Waals surface area contributed by atoms with Gasteiger partial charge in [0.25, 0.3) is 5.56 Å². The molecule has 4 aromatic rings. The zero-order valence-electron chi connectivity index (χ0n) is 25.4. The van der Waals surface area contributed by atoms with Crippen LogP contribution in [0.25, 0.3) is 11.0 Å². The van der Waals surface area contributed by atoms with Crippen molar-refractivity contribution in [2.45, 2.75) is 53.1 Å². The van der Waals surface area contributed by atoms with Crippen molar-refractivity contribution >= 4 is 34.2 Å². The van der Waals surface area contributed by atoms with Gasteiger partial charge in [0.05, 0.1) is 29.6 Å². The molecule has 1 aliphatic rings. The number of benzene rings is 1. The second-order valence-electron chi connectivity index (χ2n) is 11.4. The van der Waals surface area contributed by atoms with E-state index in [9.17, 15) is 14.4 Å². The molecule has 1 aromatic carbocycles. The third kappa shape index (κ3) is 5.92. The molecule has 0 spiro atoms. The van der Waals surface area contributed by atoms with Crippen molar-refractivity contribution < 1.29 is 18.7 Å². The molecule has 2 amide bonds. The highest BCUT2D eigenvalue weighted by Crippen LogP contribution is 2.40. The first-order chi connectivity index (χ1) is 20.6. The molecular formula is C33H39N5O5. The lowest BCUT2D eigenvalue weighted by atomic mass is 9.90. The van der Waals surface area contributed by atoms with Crippen LogP contribution in [0.1, 0.15) is 50.8 Å². The Morgan fingerprint density at radius 1 is 1.05 bits per heavy atom. The summed E-state index contributed by atoms with van der Waals surface area (Å²) in [7, 11) is 1.70. The van der Waals surface area contributed by atoms with Gasteiger partial charge < -0.3 is 28.8 Å². The van der Waals surface area contributed by atoms with Gasteiger partial charge in [0.1, 0.15) is 16.7 Å². The molecule has 0 bridgehead atoms. The Hall–Kier alpha value is -4.44. The van der Waals surface area contributed by atoms with E-state index in [1.807, 2.05) is 50.2 Å². The first-order valence-corrected chi connectivity index (χ1v) is 14.7. The summed E-state index contributed by atoms with van der Waals surface area (Å²) in [6, 6.07) is 11.3. The summed E-state index contributed by atoms with van der Waals surface area (Å²) in [4.78, 5) is 46.6. The van der Waals surface area contributed by atoms with Crippen LogP contribution < -0.4 is 25.4 Å². The van der Waals surface area contributed by atoms with Crippen molar-refractivity contribution in [1.29, 1.82) is 0 Å². The van der Waals surface area contributed by atoms with E-state index < -0.39 is 5.41 Å². The van der Waals surface area contributed by atoms with Gasteiger partial charge in [-0.25, -0.2) is 0 Å². The number of rotatable bonds is 11. The number of nitrogens with zero attached hydrogens (tertiary/aromatic N) is 4. The van der Waals surface area contributed by atoms with E-state index in [1.54, 1.807) is 60.1 Å². The molecule has 3 aromatic heterocycles. The number of carbonyl (C=O) groups is 2. The third-order valence-electron chi connectivity index (χ3n) is 8.17. The van der Waals surface area contributed by atoms with Crippen LogP contribution in [0.3, 0.4) is 0 Å². The van der Waals surface area contributed by atoms with E-state index in [0.717, 1.165) is 17.5 Å². The van der Waals surface area contributed by atoms with Crippen molar-refractivity contribution in [3.63, 3.8) is 0 Å². The average Bonchev–Trinajstić information content (AvgIpc) is 3.38. The first kappa shape index (κ1) is 30.0. The largest absolute Gasteiger partial charge is 0.493 e. The molecule has 1 N–H and O–H groups in total. The fraction of sp³-hybridized carbons (Fsp3) is 0.394. The van der Waals surface area contributed by atoms with Gasteiger partial charge in [0.2, 0.25) is 11.8 Å². The molecule has 0 radical (unpaired) electrons. The van der Waals surface area contributed by atoms with Crippen molar-refractivity contribution in [3.8, 4) is 5.75 Å². The molecule has 0 aliphatic carbocycles. The zero-order valence-corrected chi connectivity index (χ0v) is 25.4. The van der Waals surface area contributed by atoms with Gasteiger partial charge in [-0.3, -0.25) is 19.4 Å². The monoisotopic (exact) mass is 585 g/mol. The molecule has 5 rings (SSSR count). The summed E-state index contributed by atoms with van der Waals surface area (Å²) < 4.78 is 13.3. The van der Waals surface area contributed by atoms with Gasteiger partial charge in [-0.05, 0) is 83.0 Å². The SMILES string of the molecule is CCN1C(=O)C(C)(C)C(=O)N(C)c2cc(OCCCNC(CCn3ccc4occ(C)c4c3=O)c3ccncc3)ccc21. The minimum atomic E-state index is -1.15. The van der Waals surface area contributed by atoms with Gasteiger partial charge in [0, 0.05) is 56.4 Å². The van der Waals surface area contributed by atoms with Gasteiger partial charge in [-0.2, -0.15) is 0 Å². The Balaban J connectivity index is 1.21. The van der Waals surface area contributed by atoms with Crippen LogP contribution in [0.2, 0.25) is 0 Å². The number of furan rings is 1. The quantitative estimate of drug-likeness (QED) is 0.198. The maximum atomic E-state index is 13.1. The smallest absolute Gasteiger partial charge is 0.261 e. The lowest BCUT2D eigenvalue weighted by Crippen LogP contribution is -2.47. The maximum Gasteiger partial charge on any atom is 0.261 e. The molecule has 0 fully saturated rings. The number of anilines is 2. The average molecular weight is 586 g/mol. The number of hydrogen-bond acceptors (Lipinski definition) is 7. The highest BCUT2D eigenvalue weighted by molar-refractivity contribution is 6.20. The predicted octanol–water partition coefficient (Wildman–Crippen LogP) is 4.84. The summed E-state index contributed by atoms with van der Waals surface area (Å²) in [6.45, 7) is 9.29. The third-order valence-corrected chi connectivity index (χ3v) is 8.17. The number of aromatic nitrogens is 2. The highest BCUT2D eigenvalue weighted by atomic mass is 16.5. The Morgan fingerprint density at radius 3 is 2.56 bits per heavy atom. The van der Waals surface area contributed by atoms with E-state index in [2.05, 4.69) is 10.3 Å². The Morgan fingerprint density at radius 2 is 1.81 bits per heavy atom. The number of aryl methyl sites for hydroxylation is 2. The van der Waals surface area contributed by atoms with Crippen molar-refractivity contribution in [2.24, 2.45) is 5.41 Å². The van der Waals surface area contributed by atoms with Crippen LogP contribution in [0.4, 0.5) is 11.4 Å². The zero-order chi connectivity index (χ0) is 30.7. The number of ether oxygens (including phenoxy) is 1. The Bertz CT molecular complexity index is 1680. The summed E-state index contributed by atoms with van der Waals surface area (Å²) in [5.41, 5.74) is 2.69. The van der Waals surface area contributed by atoms with Gasteiger partial charge in [-0.1, -0.05) is 0 Å². The Labute approximate surface area is 251 Å². The molecule has 10 nitrogen and oxygen atoms in total. The molecule has 0 saturated carbocycles. The van der Waals surface area contributed by atoms with Gasteiger partial charge in [-0.15, -0.1) is 0 Å². The number of carbonyl (C=O) groups excluding carboxylic acids is 2. The molecule has 43 heavy (non-hydrogen) atoms. The molecule has 0 saturated heterocycles. The fourth-order valence-electron chi connectivity index (χ4n) is 5.67. The fourth-order valence-corrected chi connectivity index (χ4v) is 5.67. The molecule has 1 unspecified atom stereocenters. The maximum absolute atomic E-state index is 13.1. The van der Waals surface area contributed by atoms with E-state index in [1.165, 1.54) is 0 Å². The summed E-state index contributed by atoms with van der Waals surface area (Å²) >= 11 is 0. The second kappa shape index (κ2) is 12.4. The summed E-state index contributed by atoms with van der Waals surface area (Å²) in [5, 5.41) is 4.24. The molecule has 226 valence electrons. The van der Waals surface area contributed by atoms with Crippen LogP contribution >= 0.6 is 0 Å². The van der Waals surface area contributed by atoms with Crippen molar-refractivity contribution in [3.05, 3.63) is 82.7 Å². The van der Waals surface area contributed by atoms with E-state index in [-0.39, 0.29) is 23.4 Å². The second-order valence-corrected chi connectivity index (χ2v) is 11.4. The van der Waals surface area contributed by atoms with Crippen molar-refractivity contribution in [2.75, 3.05) is 36.5 Å². The molecule has 1 aliphatic heterocycles. The van der Waals surface area contributed by atoms with E-state index in [4.69, 9.17) is 9.15 Å². The molecule has 1 atom stereocenters. The minimum Gasteiger partial charge on any atom is -0.493 e. The summed E-state index contributed by atoms with van der Waals surface area (Å²) in [5.74, 6) is 0.174. The van der Waals surface area contributed by atoms with Crippen LogP contribution in [0.15, 0.2) is 70.5 Å². The lowest BCUT2D eigenvalue weighted by Gasteiger charge is -2.27. The number of hydrogen-bond donors (Lipinski definition) is 1. The lowest BCUT2D eigenvalue weighted by molar-refractivity contribution is -0.137. The van der Waals surface area contributed by atoms with Crippen LogP contribution in [0.5, 0.6) is 5.75 Å². The number of nitrogens with one attached hydrogen (secondary N) is 1. The van der Waals surface area contributed by atoms with Crippen LogP contribution in [-0.2, 0) is 16.1 Å². The van der Waals surface area contributed by atoms with Crippen LogP contribution in [-0.4, -0.2) is 48.1 Å². The van der Waals surface area contributed by atoms with E-state index in [0.29, 0.717) is 60.8 Å². The highest BCUT2D eigenvalue weighted by Gasteiger charge is 2.45.